The van der Waals surface area contributed by atoms with E-state index in [4.69, 9.17) is 5.11 Å². The number of thiazole rings is 1. The zero-order chi connectivity index (χ0) is 14.5. The van der Waals surface area contributed by atoms with Crippen molar-refractivity contribution in [3.8, 4) is 10.6 Å². The van der Waals surface area contributed by atoms with E-state index in [1.54, 1.807) is 18.6 Å². The number of carboxylic acid groups (broad SMARTS) is 1. The van der Waals surface area contributed by atoms with Gasteiger partial charge >= 0.3 is 5.97 Å². The van der Waals surface area contributed by atoms with Gasteiger partial charge in [0, 0.05) is 30.3 Å². The Hall–Kier alpha value is -2.35. The van der Waals surface area contributed by atoms with Gasteiger partial charge in [0.2, 0.25) is 0 Å². The highest BCUT2D eigenvalue weighted by atomic mass is 32.1. The minimum absolute atomic E-state index is 0.00191. The highest BCUT2D eigenvalue weighted by molar-refractivity contribution is 7.13. The Morgan fingerprint density at radius 1 is 1.50 bits per heavy atom. The normalized spacial score (nSPS) is 10.2. The topological polar surface area (TPSA) is 87.3 Å². The van der Waals surface area contributed by atoms with E-state index >= 15 is 0 Å². The molecule has 0 aliphatic heterocycles. The molecule has 2 aromatic heterocycles. The van der Waals surface area contributed by atoms with Crippen molar-refractivity contribution in [2.24, 2.45) is 0 Å². The fraction of sp³-hybridized carbons (Fsp3) is 0.250. The van der Waals surface area contributed by atoms with E-state index in [0.717, 1.165) is 15.5 Å². The lowest BCUT2D eigenvalue weighted by Crippen LogP contribution is -2.46. The molecule has 7 nitrogen and oxygen atoms in total. The highest BCUT2D eigenvalue weighted by Crippen LogP contribution is 2.18. The summed E-state index contributed by atoms with van der Waals surface area (Å²) in [5.41, 5.74) is 0.877. The molecule has 0 unspecified atom stereocenters. The van der Waals surface area contributed by atoms with E-state index in [-0.39, 0.29) is 19.0 Å². The van der Waals surface area contributed by atoms with Gasteiger partial charge in [-0.1, -0.05) is 4.68 Å². The summed E-state index contributed by atoms with van der Waals surface area (Å²) in [4.78, 5) is 27.6. The fourth-order valence-electron chi connectivity index (χ4n) is 1.52. The smallest absolute Gasteiger partial charge is 0.323 e. The van der Waals surface area contributed by atoms with Gasteiger partial charge in [-0.25, -0.2) is 4.98 Å². The van der Waals surface area contributed by atoms with Crippen molar-refractivity contribution < 1.29 is 19.4 Å². The van der Waals surface area contributed by atoms with Crippen molar-refractivity contribution in [1.82, 2.24) is 15.0 Å². The summed E-state index contributed by atoms with van der Waals surface area (Å²) in [6.07, 6.45) is 5.01. The SMILES string of the molecule is CN(CC(=O)O)C(=O)C[n+]1ccc(-c2nccs2)cn1. The van der Waals surface area contributed by atoms with Crippen LogP contribution >= 0.6 is 11.3 Å². The maximum Gasteiger partial charge on any atom is 0.323 e. The van der Waals surface area contributed by atoms with Crippen LogP contribution in [0.3, 0.4) is 0 Å². The highest BCUT2D eigenvalue weighted by Gasteiger charge is 2.18. The largest absolute Gasteiger partial charge is 0.480 e. The van der Waals surface area contributed by atoms with Crippen LogP contribution in [0.15, 0.2) is 30.0 Å². The molecular weight excluding hydrogens is 280 g/mol. The van der Waals surface area contributed by atoms with Crippen LogP contribution in [0.1, 0.15) is 0 Å². The Morgan fingerprint density at radius 3 is 2.85 bits per heavy atom. The van der Waals surface area contributed by atoms with Crippen LogP contribution in [0.4, 0.5) is 0 Å². The first-order chi connectivity index (χ1) is 9.56. The fourth-order valence-corrected chi connectivity index (χ4v) is 2.15. The summed E-state index contributed by atoms with van der Waals surface area (Å²) in [7, 11) is 1.45. The van der Waals surface area contributed by atoms with Gasteiger partial charge in [0.25, 0.3) is 12.5 Å². The van der Waals surface area contributed by atoms with Gasteiger partial charge in [0.05, 0.1) is 0 Å². The van der Waals surface area contributed by atoms with E-state index in [2.05, 4.69) is 10.1 Å². The summed E-state index contributed by atoms with van der Waals surface area (Å²) in [6, 6.07) is 1.82. The van der Waals surface area contributed by atoms with Crippen molar-refractivity contribution in [1.29, 1.82) is 0 Å². The monoisotopic (exact) mass is 293 g/mol. The molecule has 2 aromatic rings. The Morgan fingerprint density at radius 2 is 2.30 bits per heavy atom. The number of aliphatic carboxylic acids is 1. The summed E-state index contributed by atoms with van der Waals surface area (Å²) in [5, 5.41) is 15.5. The Labute approximate surface area is 119 Å². The van der Waals surface area contributed by atoms with Crippen LogP contribution in [0, 0.1) is 0 Å². The van der Waals surface area contributed by atoms with E-state index in [0.29, 0.717) is 0 Å². The Kier molecular flexibility index (Phi) is 4.36. The second-order valence-corrected chi connectivity index (χ2v) is 4.99. The second-order valence-electron chi connectivity index (χ2n) is 4.09. The molecule has 0 aliphatic carbocycles. The van der Waals surface area contributed by atoms with E-state index in [9.17, 15) is 9.59 Å². The molecule has 0 saturated carbocycles. The maximum atomic E-state index is 11.8. The zero-order valence-corrected chi connectivity index (χ0v) is 11.6. The molecule has 0 bridgehead atoms. The van der Waals surface area contributed by atoms with Crippen molar-refractivity contribution in [3.05, 3.63) is 30.0 Å². The molecule has 0 aliphatic rings. The average Bonchev–Trinajstić information content (AvgIpc) is 2.92. The molecule has 0 aromatic carbocycles. The molecule has 0 spiro atoms. The third-order valence-corrected chi connectivity index (χ3v) is 3.37. The van der Waals surface area contributed by atoms with Crippen molar-refractivity contribution in [3.63, 3.8) is 0 Å². The molecule has 20 heavy (non-hydrogen) atoms. The minimum atomic E-state index is -1.04. The predicted octanol–water partition coefficient (Wildman–Crippen LogP) is 0.0356. The number of likely N-dealkylation sites (N-methyl/N-ethyl adjacent to an activating group) is 1. The Bertz CT molecular complexity index is 598. The van der Waals surface area contributed by atoms with E-state index in [1.165, 1.54) is 23.1 Å². The lowest BCUT2D eigenvalue weighted by Gasteiger charge is -2.11. The summed E-state index contributed by atoms with van der Waals surface area (Å²) >= 11 is 1.51. The van der Waals surface area contributed by atoms with Gasteiger partial charge in [0.1, 0.15) is 17.7 Å². The predicted molar refractivity (Wildman–Crippen MR) is 70.8 cm³/mol. The van der Waals surface area contributed by atoms with Gasteiger partial charge in [-0.3, -0.25) is 9.59 Å². The maximum absolute atomic E-state index is 11.8. The number of hydrogen-bond acceptors (Lipinski definition) is 5. The van der Waals surface area contributed by atoms with Crippen LogP contribution in [0.2, 0.25) is 0 Å². The third-order valence-electron chi connectivity index (χ3n) is 2.55. The van der Waals surface area contributed by atoms with Crippen molar-refractivity contribution in [2.75, 3.05) is 13.6 Å². The van der Waals surface area contributed by atoms with Crippen LogP contribution in [-0.2, 0) is 16.1 Å². The number of amides is 1. The van der Waals surface area contributed by atoms with E-state index < -0.39 is 5.97 Å². The minimum Gasteiger partial charge on any atom is -0.480 e. The number of nitrogens with zero attached hydrogens (tertiary/aromatic N) is 4. The molecule has 0 atom stereocenters. The number of hydrogen-bond donors (Lipinski definition) is 1. The number of rotatable bonds is 5. The molecule has 1 N–H and O–H groups in total. The van der Waals surface area contributed by atoms with Crippen LogP contribution in [-0.4, -0.2) is 45.6 Å². The lowest BCUT2D eigenvalue weighted by molar-refractivity contribution is -0.742. The molecule has 1 amide bonds. The summed E-state index contributed by atoms with van der Waals surface area (Å²) in [5.74, 6) is -1.36. The number of carbonyl (C=O) groups is 2. The van der Waals surface area contributed by atoms with Gasteiger partial charge < -0.3 is 10.0 Å². The average molecular weight is 293 g/mol. The van der Waals surface area contributed by atoms with Gasteiger partial charge in [-0.15, -0.1) is 11.3 Å². The second kappa shape index (κ2) is 6.20. The first-order valence-corrected chi connectivity index (χ1v) is 6.65. The number of carbonyl (C=O) groups excluding carboxylic acids is 1. The standard InChI is InChI=1S/C12H12N4O3S/c1-15(8-11(18)19)10(17)7-16-4-2-9(6-14-16)12-13-3-5-20-12/h2-6H,7-8H2,1H3/p+1. The number of carboxylic acids is 1. The third kappa shape index (κ3) is 3.58. The molecule has 0 saturated heterocycles. The molecule has 2 heterocycles. The first kappa shape index (κ1) is 14.1. The van der Waals surface area contributed by atoms with Crippen LogP contribution < -0.4 is 4.68 Å². The van der Waals surface area contributed by atoms with Crippen molar-refractivity contribution in [2.45, 2.75) is 6.54 Å². The summed E-state index contributed by atoms with van der Waals surface area (Å²) in [6.45, 7) is -0.321. The quantitative estimate of drug-likeness (QED) is 0.786. The van der Waals surface area contributed by atoms with E-state index in [1.807, 2.05) is 11.4 Å². The van der Waals surface area contributed by atoms with Crippen LogP contribution in [0.25, 0.3) is 10.6 Å². The molecule has 0 fully saturated rings. The lowest BCUT2D eigenvalue weighted by atomic mass is 10.3. The summed E-state index contributed by atoms with van der Waals surface area (Å²) < 4.78 is 1.46. The van der Waals surface area contributed by atoms with Gasteiger partial charge in [-0.2, -0.15) is 0 Å². The molecule has 2 rings (SSSR count). The first-order valence-electron chi connectivity index (χ1n) is 5.77. The Balaban J connectivity index is 2.00. The number of aromatic nitrogens is 3. The molecular formula is C12H13N4O3S+. The molecule has 104 valence electrons. The van der Waals surface area contributed by atoms with Crippen LogP contribution in [0.5, 0.6) is 0 Å². The molecule has 8 heteroatoms. The van der Waals surface area contributed by atoms with Crippen molar-refractivity contribution >= 4 is 23.2 Å². The van der Waals surface area contributed by atoms with Gasteiger partial charge in [0.15, 0.2) is 6.20 Å². The molecule has 0 radical (unpaired) electrons. The zero-order valence-electron chi connectivity index (χ0n) is 10.8. The van der Waals surface area contributed by atoms with Gasteiger partial charge in [-0.05, 0) is 5.10 Å².